The number of amides is 2. The van der Waals surface area contributed by atoms with Crippen molar-refractivity contribution < 1.29 is 14.3 Å². The Labute approximate surface area is 130 Å². The molecule has 5 heteroatoms. The van der Waals surface area contributed by atoms with E-state index in [-0.39, 0.29) is 17.7 Å². The summed E-state index contributed by atoms with van der Waals surface area (Å²) < 4.78 is 5.64. The Morgan fingerprint density at radius 1 is 1.27 bits per heavy atom. The zero-order chi connectivity index (χ0) is 15.7. The van der Waals surface area contributed by atoms with Gasteiger partial charge in [0.05, 0.1) is 5.69 Å². The number of hydrogen-bond acceptors (Lipinski definition) is 3. The van der Waals surface area contributed by atoms with Gasteiger partial charge in [0.1, 0.15) is 5.75 Å². The van der Waals surface area contributed by atoms with E-state index in [0.29, 0.717) is 5.75 Å². The van der Waals surface area contributed by atoms with E-state index < -0.39 is 6.10 Å². The van der Waals surface area contributed by atoms with Crippen molar-refractivity contribution >= 4 is 23.2 Å². The summed E-state index contributed by atoms with van der Waals surface area (Å²) in [4.78, 5) is 25.8. The Hall–Kier alpha value is -2.04. The molecule has 1 aliphatic heterocycles. The normalized spacial score (nSPS) is 22.0. The largest absolute Gasteiger partial charge is 0.479 e. The summed E-state index contributed by atoms with van der Waals surface area (Å²) in [6, 6.07) is 5.44. The molecule has 2 amide bonds. The third-order valence-corrected chi connectivity index (χ3v) is 4.55. The number of carbonyl (C=O) groups excluding carboxylic acids is 2. The second-order valence-electron chi connectivity index (χ2n) is 6.16. The summed E-state index contributed by atoms with van der Waals surface area (Å²) in [6.45, 7) is 1.73. The highest BCUT2D eigenvalue weighted by Crippen LogP contribution is 2.35. The Morgan fingerprint density at radius 2 is 2.00 bits per heavy atom. The molecular weight excluding hydrogens is 280 g/mol. The second kappa shape index (κ2) is 5.99. The molecule has 0 saturated heterocycles. The molecule has 1 aromatic rings. The molecule has 0 bridgehead atoms. The molecule has 1 atom stereocenters. The van der Waals surface area contributed by atoms with Crippen molar-refractivity contribution in [2.24, 2.45) is 5.92 Å². The first-order chi connectivity index (χ1) is 10.6. The molecule has 22 heavy (non-hydrogen) atoms. The van der Waals surface area contributed by atoms with Gasteiger partial charge in [-0.25, -0.2) is 0 Å². The zero-order valence-corrected chi connectivity index (χ0v) is 13.1. The van der Waals surface area contributed by atoms with Gasteiger partial charge in [0, 0.05) is 24.7 Å². The number of hydrogen-bond donors (Lipinski definition) is 1. The van der Waals surface area contributed by atoms with Gasteiger partial charge in [-0.1, -0.05) is 19.3 Å². The number of nitrogens with one attached hydrogen (secondary N) is 1. The molecule has 0 spiro atoms. The van der Waals surface area contributed by atoms with Crippen LogP contribution in [0.2, 0.25) is 0 Å². The van der Waals surface area contributed by atoms with Crippen LogP contribution in [0.5, 0.6) is 5.75 Å². The minimum atomic E-state index is -0.498. The maximum atomic E-state index is 12.3. The Kier molecular flexibility index (Phi) is 4.05. The van der Waals surface area contributed by atoms with Crippen LogP contribution in [0.3, 0.4) is 0 Å². The number of fused-ring (bicyclic) bond motifs is 1. The lowest BCUT2D eigenvalue weighted by Crippen LogP contribution is -2.41. The van der Waals surface area contributed by atoms with Crippen molar-refractivity contribution in [2.75, 3.05) is 17.3 Å². The van der Waals surface area contributed by atoms with Gasteiger partial charge < -0.3 is 15.0 Å². The summed E-state index contributed by atoms with van der Waals surface area (Å²) in [5.74, 6) is 0.782. The quantitative estimate of drug-likeness (QED) is 0.913. The van der Waals surface area contributed by atoms with Crippen molar-refractivity contribution in [2.45, 2.75) is 45.1 Å². The van der Waals surface area contributed by atoms with Crippen LogP contribution in [0.25, 0.3) is 0 Å². The first kappa shape index (κ1) is 14.9. The Balaban J connectivity index is 1.75. The van der Waals surface area contributed by atoms with E-state index in [4.69, 9.17) is 4.74 Å². The van der Waals surface area contributed by atoms with Crippen LogP contribution < -0.4 is 15.0 Å². The van der Waals surface area contributed by atoms with Crippen molar-refractivity contribution in [3.05, 3.63) is 18.2 Å². The van der Waals surface area contributed by atoms with Gasteiger partial charge in [0.2, 0.25) is 5.91 Å². The van der Waals surface area contributed by atoms with Crippen LogP contribution in [0.4, 0.5) is 11.4 Å². The fraction of sp³-hybridized carbons (Fsp3) is 0.529. The molecule has 1 aliphatic carbocycles. The van der Waals surface area contributed by atoms with Crippen LogP contribution in [0.15, 0.2) is 18.2 Å². The molecule has 1 N–H and O–H groups in total. The van der Waals surface area contributed by atoms with E-state index in [9.17, 15) is 9.59 Å². The second-order valence-corrected chi connectivity index (χ2v) is 6.16. The molecule has 0 aromatic heterocycles. The molecule has 1 aromatic carbocycles. The van der Waals surface area contributed by atoms with Gasteiger partial charge in [-0.05, 0) is 31.9 Å². The van der Waals surface area contributed by atoms with E-state index in [2.05, 4.69) is 5.32 Å². The lowest BCUT2D eigenvalue weighted by Gasteiger charge is -2.30. The van der Waals surface area contributed by atoms with Crippen molar-refractivity contribution in [3.8, 4) is 5.75 Å². The molecular formula is C17H22N2O3. The highest BCUT2D eigenvalue weighted by Gasteiger charge is 2.29. The number of likely N-dealkylation sites (N-methyl/N-ethyl adjacent to an activating group) is 1. The van der Waals surface area contributed by atoms with Gasteiger partial charge in [-0.2, -0.15) is 0 Å². The lowest BCUT2D eigenvalue weighted by atomic mass is 9.88. The average molecular weight is 302 g/mol. The maximum Gasteiger partial charge on any atom is 0.267 e. The smallest absolute Gasteiger partial charge is 0.267 e. The number of anilines is 2. The molecule has 5 nitrogen and oxygen atoms in total. The van der Waals surface area contributed by atoms with E-state index in [0.717, 1.165) is 37.1 Å². The highest BCUT2D eigenvalue weighted by molar-refractivity contribution is 6.00. The Bertz CT molecular complexity index is 594. The molecule has 1 unspecified atom stereocenters. The van der Waals surface area contributed by atoms with Gasteiger partial charge in [-0.15, -0.1) is 0 Å². The van der Waals surface area contributed by atoms with Crippen LogP contribution in [0.1, 0.15) is 39.0 Å². The van der Waals surface area contributed by atoms with Crippen LogP contribution >= 0.6 is 0 Å². The van der Waals surface area contributed by atoms with Gasteiger partial charge in [-0.3, -0.25) is 9.59 Å². The van der Waals surface area contributed by atoms with Crippen molar-refractivity contribution in [3.63, 3.8) is 0 Å². The van der Waals surface area contributed by atoms with E-state index in [1.54, 1.807) is 24.9 Å². The lowest BCUT2D eigenvalue weighted by molar-refractivity contribution is -0.125. The summed E-state index contributed by atoms with van der Waals surface area (Å²) >= 11 is 0. The van der Waals surface area contributed by atoms with Crippen molar-refractivity contribution in [1.82, 2.24) is 0 Å². The minimum absolute atomic E-state index is 0.0634. The topological polar surface area (TPSA) is 58.6 Å². The molecule has 1 fully saturated rings. The summed E-state index contributed by atoms with van der Waals surface area (Å²) in [6.07, 6.45) is 4.95. The molecule has 3 rings (SSSR count). The van der Waals surface area contributed by atoms with E-state index in [1.807, 2.05) is 12.1 Å². The monoisotopic (exact) mass is 302 g/mol. The first-order valence-electron chi connectivity index (χ1n) is 7.95. The summed E-state index contributed by atoms with van der Waals surface area (Å²) in [5, 5.41) is 2.98. The molecule has 118 valence electrons. The number of benzene rings is 1. The highest BCUT2D eigenvalue weighted by atomic mass is 16.5. The number of rotatable bonds is 2. The standard InChI is InChI=1S/C17H22N2O3/c1-11-17(21)19(2)14-9-8-13(10-15(14)22-11)18-16(20)12-6-4-3-5-7-12/h8-12H,3-7H2,1-2H3,(H,18,20). The van der Waals surface area contributed by atoms with Crippen LogP contribution in [0, 0.1) is 5.92 Å². The van der Waals surface area contributed by atoms with Gasteiger partial charge >= 0.3 is 0 Å². The fourth-order valence-electron chi connectivity index (χ4n) is 3.20. The molecule has 1 heterocycles. The summed E-state index contributed by atoms with van der Waals surface area (Å²) in [5.41, 5.74) is 1.46. The fourth-order valence-corrected chi connectivity index (χ4v) is 3.20. The van der Waals surface area contributed by atoms with Crippen LogP contribution in [-0.2, 0) is 9.59 Å². The van der Waals surface area contributed by atoms with Crippen molar-refractivity contribution in [1.29, 1.82) is 0 Å². The average Bonchev–Trinajstić information content (AvgIpc) is 2.53. The third kappa shape index (κ3) is 2.80. The van der Waals surface area contributed by atoms with Crippen LogP contribution in [-0.4, -0.2) is 25.0 Å². The third-order valence-electron chi connectivity index (χ3n) is 4.55. The molecule has 0 radical (unpaired) electrons. The molecule has 1 saturated carbocycles. The number of carbonyl (C=O) groups is 2. The predicted molar refractivity (Wildman–Crippen MR) is 85.1 cm³/mol. The van der Waals surface area contributed by atoms with Gasteiger partial charge in [0.15, 0.2) is 6.10 Å². The predicted octanol–water partition coefficient (Wildman–Crippen LogP) is 2.95. The van der Waals surface area contributed by atoms with E-state index >= 15 is 0 Å². The number of ether oxygens (including phenoxy) is 1. The minimum Gasteiger partial charge on any atom is -0.479 e. The first-order valence-corrected chi connectivity index (χ1v) is 7.95. The summed E-state index contributed by atoms with van der Waals surface area (Å²) in [7, 11) is 1.74. The zero-order valence-electron chi connectivity index (χ0n) is 13.1. The number of nitrogens with zero attached hydrogens (tertiary/aromatic N) is 1. The SMILES string of the molecule is CC1Oc2cc(NC(=O)C3CCCCC3)ccc2N(C)C1=O. The Morgan fingerprint density at radius 3 is 2.73 bits per heavy atom. The van der Waals surface area contributed by atoms with Gasteiger partial charge in [0.25, 0.3) is 5.91 Å². The molecule has 2 aliphatic rings. The van der Waals surface area contributed by atoms with E-state index in [1.165, 1.54) is 6.42 Å². The maximum absolute atomic E-state index is 12.3.